The fourth-order valence-corrected chi connectivity index (χ4v) is 9.86. The smallest absolute Gasteiger partial charge is 0.164 e. The Kier molecular flexibility index (Phi) is 7.27. The van der Waals surface area contributed by atoms with Gasteiger partial charge in [0.2, 0.25) is 0 Å². The molecule has 0 aliphatic heterocycles. The zero-order chi connectivity index (χ0) is 39.2. The monoisotopic (exact) mass is 751 g/mol. The number of aromatic nitrogens is 3. The van der Waals surface area contributed by atoms with Crippen LogP contribution in [-0.4, -0.2) is 15.0 Å². The first kappa shape index (κ1) is 33.6. The van der Waals surface area contributed by atoms with E-state index in [4.69, 9.17) is 15.0 Å². The van der Waals surface area contributed by atoms with E-state index >= 15 is 0 Å². The van der Waals surface area contributed by atoms with Crippen LogP contribution in [0, 0.1) is 0 Å². The minimum Gasteiger partial charge on any atom is -0.208 e. The minimum atomic E-state index is -0.140. The van der Waals surface area contributed by atoms with Crippen LogP contribution in [0.25, 0.3) is 110 Å². The van der Waals surface area contributed by atoms with Gasteiger partial charge in [0.05, 0.1) is 0 Å². The Hall–Kier alpha value is -7.49. The second-order valence-corrected chi connectivity index (χ2v) is 16.4. The van der Waals surface area contributed by atoms with Gasteiger partial charge in [0, 0.05) is 22.1 Å². The summed E-state index contributed by atoms with van der Waals surface area (Å²) >= 11 is 0. The van der Waals surface area contributed by atoms with Gasteiger partial charge in [0.1, 0.15) is 0 Å². The van der Waals surface area contributed by atoms with Crippen LogP contribution in [0.2, 0.25) is 0 Å². The van der Waals surface area contributed by atoms with Crippen LogP contribution in [-0.2, 0) is 5.41 Å². The standard InChI is InChI=1S/C56H37N3/c1-56(2)51-21-10-9-18-47(51)49-20-11-19-48(52(49)56)46-30-31-50(45-17-8-7-16-44(45)46)55-58-53(38-26-28-42-36(32-38)24-22-34-12-3-5-14-40(34)42)57-54(59-55)39-27-29-43-37(33-39)25-23-35-13-4-6-15-41(35)43/h3-33H,1-2H3. The summed E-state index contributed by atoms with van der Waals surface area (Å²) in [7, 11) is 0. The Bertz CT molecular complexity index is 3410. The van der Waals surface area contributed by atoms with Crippen LogP contribution in [0.4, 0.5) is 0 Å². The first-order valence-electron chi connectivity index (χ1n) is 20.4. The number of hydrogen-bond acceptors (Lipinski definition) is 3. The molecule has 11 aromatic rings. The highest BCUT2D eigenvalue weighted by molar-refractivity contribution is 6.10. The molecule has 1 aromatic heterocycles. The van der Waals surface area contributed by atoms with Crippen molar-refractivity contribution in [2.24, 2.45) is 0 Å². The molecule has 1 aliphatic carbocycles. The number of fused-ring (bicyclic) bond motifs is 10. The van der Waals surface area contributed by atoms with Gasteiger partial charge in [0.25, 0.3) is 0 Å². The Morgan fingerprint density at radius 2 is 0.746 bits per heavy atom. The predicted octanol–water partition coefficient (Wildman–Crippen LogP) is 14.6. The van der Waals surface area contributed by atoms with Crippen molar-refractivity contribution >= 4 is 53.9 Å². The maximum absolute atomic E-state index is 5.31. The number of hydrogen-bond donors (Lipinski definition) is 0. The van der Waals surface area contributed by atoms with E-state index in [1.165, 1.54) is 71.1 Å². The summed E-state index contributed by atoms with van der Waals surface area (Å²) in [6.45, 7) is 4.71. The van der Waals surface area contributed by atoms with E-state index in [0.29, 0.717) is 17.5 Å². The molecule has 0 saturated heterocycles. The van der Waals surface area contributed by atoms with Gasteiger partial charge in [-0.05, 0) is 105 Å². The van der Waals surface area contributed by atoms with E-state index < -0.39 is 0 Å². The lowest BCUT2D eigenvalue weighted by Crippen LogP contribution is -2.16. The molecule has 0 atom stereocenters. The summed E-state index contributed by atoms with van der Waals surface area (Å²) in [6.07, 6.45) is 0. The fourth-order valence-electron chi connectivity index (χ4n) is 9.86. The fraction of sp³-hybridized carbons (Fsp3) is 0.0536. The zero-order valence-electron chi connectivity index (χ0n) is 32.7. The normalized spacial score (nSPS) is 13.1. The quantitative estimate of drug-likeness (QED) is 0.168. The molecule has 0 saturated carbocycles. The lowest BCUT2D eigenvalue weighted by molar-refractivity contribution is 0.662. The van der Waals surface area contributed by atoms with Crippen molar-refractivity contribution in [2.75, 3.05) is 0 Å². The van der Waals surface area contributed by atoms with Crippen LogP contribution in [0.5, 0.6) is 0 Å². The lowest BCUT2D eigenvalue weighted by Gasteiger charge is -2.25. The topological polar surface area (TPSA) is 38.7 Å². The van der Waals surface area contributed by atoms with Gasteiger partial charge in [0.15, 0.2) is 17.5 Å². The predicted molar refractivity (Wildman–Crippen MR) is 247 cm³/mol. The molecular formula is C56H37N3. The van der Waals surface area contributed by atoms with Gasteiger partial charge in [-0.1, -0.05) is 184 Å². The Labute approximate surface area is 342 Å². The molecule has 3 nitrogen and oxygen atoms in total. The summed E-state index contributed by atoms with van der Waals surface area (Å²) in [5, 5.41) is 11.9. The van der Waals surface area contributed by atoms with E-state index in [1.807, 2.05) is 0 Å². The number of rotatable bonds is 4. The molecule has 10 aromatic carbocycles. The Balaban J connectivity index is 1.06. The highest BCUT2D eigenvalue weighted by atomic mass is 15.0. The van der Waals surface area contributed by atoms with Crippen molar-refractivity contribution in [1.29, 1.82) is 0 Å². The molecule has 12 rings (SSSR count). The summed E-state index contributed by atoms with van der Waals surface area (Å²) in [5.74, 6) is 1.94. The van der Waals surface area contributed by atoms with Crippen LogP contribution >= 0.6 is 0 Å². The van der Waals surface area contributed by atoms with Gasteiger partial charge in [-0.25, -0.2) is 15.0 Å². The van der Waals surface area contributed by atoms with Gasteiger partial charge in [-0.2, -0.15) is 0 Å². The zero-order valence-corrected chi connectivity index (χ0v) is 32.7. The average Bonchev–Trinajstić information content (AvgIpc) is 3.54. The molecule has 0 radical (unpaired) electrons. The van der Waals surface area contributed by atoms with Crippen LogP contribution in [0.3, 0.4) is 0 Å². The molecule has 276 valence electrons. The second-order valence-electron chi connectivity index (χ2n) is 16.4. The lowest BCUT2D eigenvalue weighted by atomic mass is 9.78. The summed E-state index contributed by atoms with van der Waals surface area (Å²) in [4.78, 5) is 15.9. The molecule has 0 fully saturated rings. The van der Waals surface area contributed by atoms with Crippen LogP contribution < -0.4 is 0 Å². The summed E-state index contributed by atoms with van der Waals surface area (Å²) < 4.78 is 0. The van der Waals surface area contributed by atoms with Crippen LogP contribution in [0.15, 0.2) is 188 Å². The Morgan fingerprint density at radius 3 is 1.37 bits per heavy atom. The molecular weight excluding hydrogens is 715 g/mol. The van der Waals surface area contributed by atoms with Gasteiger partial charge in [-0.3, -0.25) is 0 Å². The largest absolute Gasteiger partial charge is 0.208 e. The third-order valence-electron chi connectivity index (χ3n) is 12.7. The van der Waals surface area contributed by atoms with Crippen molar-refractivity contribution < 1.29 is 0 Å². The molecule has 1 aliphatic rings. The molecule has 0 spiro atoms. The number of nitrogens with zero attached hydrogens (tertiary/aromatic N) is 3. The van der Waals surface area contributed by atoms with Crippen molar-refractivity contribution in [1.82, 2.24) is 15.0 Å². The second kappa shape index (κ2) is 12.8. The molecule has 3 heteroatoms. The van der Waals surface area contributed by atoms with Gasteiger partial charge >= 0.3 is 0 Å². The van der Waals surface area contributed by atoms with Crippen molar-refractivity contribution in [3.8, 4) is 56.4 Å². The maximum Gasteiger partial charge on any atom is 0.164 e. The van der Waals surface area contributed by atoms with E-state index in [0.717, 1.165) is 32.8 Å². The van der Waals surface area contributed by atoms with Crippen molar-refractivity contribution in [2.45, 2.75) is 19.3 Å². The third kappa shape index (κ3) is 5.18. The highest BCUT2D eigenvalue weighted by Crippen LogP contribution is 2.53. The van der Waals surface area contributed by atoms with E-state index in [9.17, 15) is 0 Å². The molecule has 0 N–H and O–H groups in total. The van der Waals surface area contributed by atoms with Crippen LogP contribution in [0.1, 0.15) is 25.0 Å². The summed E-state index contributed by atoms with van der Waals surface area (Å²) in [6, 6.07) is 67.9. The van der Waals surface area contributed by atoms with Crippen molar-refractivity contribution in [3.63, 3.8) is 0 Å². The SMILES string of the molecule is CC1(C)c2ccccc2-c2cccc(-c3ccc(-c4nc(-c5ccc6c(ccc7ccccc76)c5)nc(-c5ccc6c(ccc7ccccc76)c5)n4)c4ccccc34)c21. The third-order valence-corrected chi connectivity index (χ3v) is 12.7. The first-order valence-corrected chi connectivity index (χ1v) is 20.4. The Morgan fingerprint density at radius 1 is 0.305 bits per heavy atom. The van der Waals surface area contributed by atoms with Crippen molar-refractivity contribution in [3.05, 3.63) is 199 Å². The van der Waals surface area contributed by atoms with Gasteiger partial charge in [-0.15, -0.1) is 0 Å². The maximum atomic E-state index is 5.31. The highest BCUT2D eigenvalue weighted by Gasteiger charge is 2.37. The van der Waals surface area contributed by atoms with Gasteiger partial charge < -0.3 is 0 Å². The van der Waals surface area contributed by atoms with E-state index in [1.54, 1.807) is 0 Å². The number of benzene rings is 10. The van der Waals surface area contributed by atoms with E-state index in [-0.39, 0.29) is 5.41 Å². The molecule has 0 unspecified atom stereocenters. The first-order chi connectivity index (χ1) is 29.0. The molecule has 0 bridgehead atoms. The molecule has 1 heterocycles. The molecule has 59 heavy (non-hydrogen) atoms. The minimum absolute atomic E-state index is 0.140. The summed E-state index contributed by atoms with van der Waals surface area (Å²) in [5.41, 5.74) is 10.6. The average molecular weight is 752 g/mol. The molecule has 0 amide bonds. The van der Waals surface area contributed by atoms with E-state index in [2.05, 4.69) is 202 Å².